The van der Waals surface area contributed by atoms with Gasteiger partial charge in [-0.1, -0.05) is 29.8 Å². The van der Waals surface area contributed by atoms with Gasteiger partial charge in [-0.15, -0.1) is 11.3 Å². The molecule has 0 bridgehead atoms. The van der Waals surface area contributed by atoms with Gasteiger partial charge in [0, 0.05) is 16.4 Å². The third-order valence-electron chi connectivity index (χ3n) is 4.51. The summed E-state index contributed by atoms with van der Waals surface area (Å²) in [5, 5.41) is 7.18. The molecule has 1 aliphatic carbocycles. The fraction of sp³-hybridized carbons (Fsp3) is 0.263. The van der Waals surface area contributed by atoms with Crippen molar-refractivity contribution < 1.29 is 0 Å². The van der Waals surface area contributed by atoms with Crippen LogP contribution >= 0.6 is 11.3 Å². The van der Waals surface area contributed by atoms with Crippen molar-refractivity contribution >= 4 is 27.1 Å². The largest absolute Gasteiger partial charge is 0.382 e. The Bertz CT molecular complexity index is 751. The van der Waals surface area contributed by atoms with Crippen LogP contribution in [0, 0.1) is 6.92 Å². The van der Waals surface area contributed by atoms with Crippen molar-refractivity contribution in [3.63, 3.8) is 0 Å². The number of rotatable bonds is 3. The Labute approximate surface area is 129 Å². The molecule has 1 aliphatic rings. The summed E-state index contributed by atoms with van der Waals surface area (Å²) < 4.78 is 1.37. The zero-order valence-corrected chi connectivity index (χ0v) is 13.0. The third-order valence-corrected chi connectivity index (χ3v) is 5.41. The molecule has 0 amide bonds. The summed E-state index contributed by atoms with van der Waals surface area (Å²) in [6, 6.07) is 18.5. The number of anilines is 1. The molecule has 0 aliphatic heterocycles. The normalized spacial score (nSPS) is 21.2. The van der Waals surface area contributed by atoms with Crippen molar-refractivity contribution in [1.82, 2.24) is 0 Å². The first-order valence-corrected chi connectivity index (χ1v) is 8.46. The summed E-state index contributed by atoms with van der Waals surface area (Å²) in [5.41, 5.74) is 4.09. The quantitative estimate of drug-likeness (QED) is 0.666. The van der Waals surface area contributed by atoms with E-state index in [2.05, 4.69) is 66.2 Å². The van der Waals surface area contributed by atoms with Gasteiger partial charge in [0.15, 0.2) is 0 Å². The summed E-state index contributed by atoms with van der Waals surface area (Å²) in [6.07, 6.45) is 2.48. The summed E-state index contributed by atoms with van der Waals surface area (Å²) in [7, 11) is 0. The molecule has 0 spiro atoms. The van der Waals surface area contributed by atoms with Crippen molar-refractivity contribution in [2.45, 2.75) is 31.7 Å². The minimum atomic E-state index is 0.618. The number of fused-ring (bicyclic) bond motifs is 1. The van der Waals surface area contributed by atoms with Gasteiger partial charge in [-0.3, -0.25) is 0 Å². The Morgan fingerprint density at radius 3 is 2.62 bits per heavy atom. The van der Waals surface area contributed by atoms with Gasteiger partial charge in [-0.05, 0) is 66.3 Å². The Morgan fingerprint density at radius 1 is 1.00 bits per heavy atom. The lowest BCUT2D eigenvalue weighted by Gasteiger charge is -2.37. The van der Waals surface area contributed by atoms with E-state index in [0.29, 0.717) is 6.04 Å². The second-order valence-electron chi connectivity index (χ2n) is 6.09. The topological polar surface area (TPSA) is 12.0 Å². The summed E-state index contributed by atoms with van der Waals surface area (Å²) in [5.74, 6) is 0.730. The molecule has 2 heteroatoms. The maximum Gasteiger partial charge on any atom is 0.0349 e. The van der Waals surface area contributed by atoms with Crippen LogP contribution in [0.5, 0.6) is 0 Å². The van der Waals surface area contributed by atoms with E-state index in [-0.39, 0.29) is 0 Å². The molecular formula is C19H19NS. The highest BCUT2D eigenvalue weighted by atomic mass is 32.1. The SMILES string of the molecule is Cc1ccc(C2CC(Nc3ccc4sccc4c3)C2)cc1. The molecule has 0 radical (unpaired) electrons. The maximum atomic E-state index is 3.68. The summed E-state index contributed by atoms with van der Waals surface area (Å²) in [6.45, 7) is 2.15. The first kappa shape index (κ1) is 12.9. The molecule has 0 atom stereocenters. The molecule has 0 saturated heterocycles. The van der Waals surface area contributed by atoms with Crippen LogP contribution in [0.1, 0.15) is 29.9 Å². The second-order valence-corrected chi connectivity index (χ2v) is 7.04. The Hall–Kier alpha value is -1.80. The van der Waals surface area contributed by atoms with Crippen LogP contribution in [-0.4, -0.2) is 6.04 Å². The molecular weight excluding hydrogens is 274 g/mol. The lowest BCUT2D eigenvalue weighted by atomic mass is 9.75. The number of aryl methyl sites for hydroxylation is 1. The van der Waals surface area contributed by atoms with Crippen LogP contribution in [0.15, 0.2) is 53.9 Å². The first-order valence-electron chi connectivity index (χ1n) is 7.58. The average Bonchev–Trinajstić information content (AvgIpc) is 2.91. The predicted molar refractivity (Wildman–Crippen MR) is 92.4 cm³/mol. The number of benzene rings is 2. The van der Waals surface area contributed by atoms with Crippen molar-refractivity contribution in [3.8, 4) is 0 Å². The van der Waals surface area contributed by atoms with Crippen molar-refractivity contribution in [2.75, 3.05) is 5.32 Å². The van der Waals surface area contributed by atoms with E-state index in [1.54, 1.807) is 11.3 Å². The molecule has 1 saturated carbocycles. The van der Waals surface area contributed by atoms with Gasteiger partial charge in [0.2, 0.25) is 0 Å². The van der Waals surface area contributed by atoms with E-state index < -0.39 is 0 Å². The van der Waals surface area contributed by atoms with Gasteiger partial charge in [-0.2, -0.15) is 0 Å². The van der Waals surface area contributed by atoms with E-state index >= 15 is 0 Å². The fourth-order valence-electron chi connectivity index (χ4n) is 3.14. The molecule has 1 fully saturated rings. The Kier molecular flexibility index (Phi) is 3.19. The molecule has 0 unspecified atom stereocenters. The minimum absolute atomic E-state index is 0.618. The van der Waals surface area contributed by atoms with Crippen LogP contribution in [0.25, 0.3) is 10.1 Å². The van der Waals surface area contributed by atoms with Crippen molar-refractivity contribution in [2.24, 2.45) is 0 Å². The zero-order valence-electron chi connectivity index (χ0n) is 12.2. The van der Waals surface area contributed by atoms with Crippen LogP contribution in [-0.2, 0) is 0 Å². The van der Waals surface area contributed by atoms with Gasteiger partial charge in [0.25, 0.3) is 0 Å². The summed E-state index contributed by atoms with van der Waals surface area (Å²) >= 11 is 1.81. The lowest BCUT2D eigenvalue weighted by molar-refractivity contribution is 0.374. The van der Waals surface area contributed by atoms with E-state index in [9.17, 15) is 0 Å². The number of nitrogens with one attached hydrogen (secondary N) is 1. The van der Waals surface area contributed by atoms with E-state index in [0.717, 1.165) is 5.92 Å². The van der Waals surface area contributed by atoms with Gasteiger partial charge in [0.05, 0.1) is 0 Å². The van der Waals surface area contributed by atoms with E-state index in [1.807, 2.05) is 0 Å². The van der Waals surface area contributed by atoms with Gasteiger partial charge >= 0.3 is 0 Å². The molecule has 1 N–H and O–H groups in total. The first-order chi connectivity index (χ1) is 10.3. The van der Waals surface area contributed by atoms with Gasteiger partial charge in [-0.25, -0.2) is 0 Å². The molecule has 2 aromatic carbocycles. The van der Waals surface area contributed by atoms with Crippen LogP contribution in [0.4, 0.5) is 5.69 Å². The number of thiophene rings is 1. The molecule has 106 valence electrons. The maximum absolute atomic E-state index is 3.68. The van der Waals surface area contributed by atoms with E-state index in [4.69, 9.17) is 0 Å². The highest BCUT2D eigenvalue weighted by molar-refractivity contribution is 7.17. The standard InChI is InChI=1S/C19H19NS/c1-13-2-4-14(5-3-13)16-11-18(12-16)20-17-6-7-19-15(10-17)8-9-21-19/h2-10,16,18,20H,11-12H2,1H3. The van der Waals surface area contributed by atoms with Crippen LogP contribution in [0.2, 0.25) is 0 Å². The molecule has 3 aromatic rings. The van der Waals surface area contributed by atoms with Crippen LogP contribution in [0.3, 0.4) is 0 Å². The van der Waals surface area contributed by atoms with Crippen molar-refractivity contribution in [1.29, 1.82) is 0 Å². The minimum Gasteiger partial charge on any atom is -0.382 e. The van der Waals surface area contributed by atoms with Gasteiger partial charge < -0.3 is 5.32 Å². The average molecular weight is 293 g/mol. The Balaban J connectivity index is 1.40. The fourth-order valence-corrected chi connectivity index (χ4v) is 3.91. The highest BCUT2D eigenvalue weighted by Gasteiger charge is 2.30. The highest BCUT2D eigenvalue weighted by Crippen LogP contribution is 2.38. The summed E-state index contributed by atoms with van der Waals surface area (Å²) in [4.78, 5) is 0. The molecule has 1 nitrogen and oxygen atoms in total. The lowest BCUT2D eigenvalue weighted by Crippen LogP contribution is -2.33. The Morgan fingerprint density at radius 2 is 1.81 bits per heavy atom. The molecule has 1 heterocycles. The van der Waals surface area contributed by atoms with Crippen molar-refractivity contribution in [3.05, 3.63) is 65.0 Å². The number of hydrogen-bond donors (Lipinski definition) is 1. The van der Waals surface area contributed by atoms with Gasteiger partial charge in [0.1, 0.15) is 0 Å². The van der Waals surface area contributed by atoms with E-state index in [1.165, 1.54) is 39.7 Å². The molecule has 4 rings (SSSR count). The molecule has 1 aromatic heterocycles. The zero-order chi connectivity index (χ0) is 14.2. The number of hydrogen-bond acceptors (Lipinski definition) is 2. The predicted octanol–water partition coefficient (Wildman–Crippen LogP) is 5.57. The monoisotopic (exact) mass is 293 g/mol. The third kappa shape index (κ3) is 2.56. The van der Waals surface area contributed by atoms with Crippen LogP contribution < -0.4 is 5.32 Å². The second kappa shape index (κ2) is 5.19. The smallest absolute Gasteiger partial charge is 0.0349 e. The molecule has 21 heavy (non-hydrogen) atoms.